The topological polar surface area (TPSA) is 84.2 Å². The monoisotopic (exact) mass is 343 g/mol. The highest BCUT2D eigenvalue weighted by atomic mass is 16.4. The number of nitrogens with one attached hydrogen (secondary N) is 1. The number of rotatable bonds is 9. The first-order valence-electron chi connectivity index (χ1n) is 8.69. The number of aromatic nitrogens is 2. The van der Waals surface area contributed by atoms with E-state index in [-0.39, 0.29) is 5.91 Å². The number of carboxylic acids is 1. The second-order valence-electron chi connectivity index (χ2n) is 6.01. The Bertz CT molecular complexity index is 710. The average molecular weight is 343 g/mol. The van der Waals surface area contributed by atoms with Gasteiger partial charge in [-0.25, -0.2) is 4.79 Å². The zero-order valence-electron chi connectivity index (χ0n) is 14.7. The molecule has 0 aliphatic heterocycles. The van der Waals surface area contributed by atoms with Crippen LogP contribution in [0.5, 0.6) is 0 Å². The van der Waals surface area contributed by atoms with E-state index in [1.807, 2.05) is 44.2 Å². The van der Waals surface area contributed by atoms with Crippen LogP contribution in [0.15, 0.2) is 36.5 Å². The van der Waals surface area contributed by atoms with Gasteiger partial charge in [0.25, 0.3) is 5.91 Å². The molecular weight excluding hydrogens is 318 g/mol. The number of hydrogen-bond acceptors (Lipinski definition) is 3. The summed E-state index contributed by atoms with van der Waals surface area (Å²) in [4.78, 5) is 23.9. The minimum absolute atomic E-state index is 0.375. The Morgan fingerprint density at radius 2 is 1.96 bits per heavy atom. The molecule has 0 unspecified atom stereocenters. The van der Waals surface area contributed by atoms with Crippen LogP contribution in [0.4, 0.5) is 0 Å². The Hall–Kier alpha value is -2.63. The molecule has 0 aliphatic carbocycles. The first-order valence-corrected chi connectivity index (χ1v) is 8.69. The molecule has 2 aromatic rings. The first kappa shape index (κ1) is 18.7. The van der Waals surface area contributed by atoms with Crippen molar-refractivity contribution >= 4 is 11.9 Å². The van der Waals surface area contributed by atoms with Gasteiger partial charge in [-0.2, -0.15) is 5.10 Å². The summed E-state index contributed by atoms with van der Waals surface area (Å²) >= 11 is 0. The maximum absolute atomic E-state index is 12.5. The second-order valence-corrected chi connectivity index (χ2v) is 6.01. The summed E-state index contributed by atoms with van der Waals surface area (Å²) in [6.45, 7) is 4.53. The van der Waals surface area contributed by atoms with Crippen molar-refractivity contribution < 1.29 is 14.7 Å². The van der Waals surface area contributed by atoms with Crippen molar-refractivity contribution in [1.82, 2.24) is 15.1 Å². The van der Waals surface area contributed by atoms with E-state index in [4.69, 9.17) is 0 Å². The normalized spacial score (nSPS) is 11.9. The summed E-state index contributed by atoms with van der Waals surface area (Å²) in [7, 11) is 0. The molecule has 0 spiro atoms. The van der Waals surface area contributed by atoms with Gasteiger partial charge in [-0.3, -0.25) is 9.48 Å². The molecule has 0 fully saturated rings. The fraction of sp³-hybridized carbons (Fsp3) is 0.421. The molecular formula is C19H25N3O3. The highest BCUT2D eigenvalue weighted by Crippen LogP contribution is 2.13. The van der Waals surface area contributed by atoms with Crippen molar-refractivity contribution in [3.05, 3.63) is 53.3 Å². The van der Waals surface area contributed by atoms with Gasteiger partial charge in [-0.05, 0) is 18.4 Å². The van der Waals surface area contributed by atoms with E-state index in [2.05, 4.69) is 10.4 Å². The van der Waals surface area contributed by atoms with E-state index < -0.39 is 12.0 Å². The Balaban J connectivity index is 2.15. The third kappa shape index (κ3) is 4.92. The van der Waals surface area contributed by atoms with Crippen LogP contribution in [-0.4, -0.2) is 32.8 Å². The number of aliphatic carboxylic acids is 1. The molecule has 1 atom stereocenters. The van der Waals surface area contributed by atoms with Crippen LogP contribution in [0.1, 0.15) is 54.7 Å². The Morgan fingerprint density at radius 1 is 1.24 bits per heavy atom. The van der Waals surface area contributed by atoms with Gasteiger partial charge in [0.2, 0.25) is 0 Å². The highest BCUT2D eigenvalue weighted by molar-refractivity contribution is 5.97. The van der Waals surface area contributed by atoms with Gasteiger partial charge < -0.3 is 10.4 Å². The molecule has 0 bridgehead atoms. The predicted octanol–water partition coefficient (Wildman–Crippen LogP) is 2.87. The fourth-order valence-electron chi connectivity index (χ4n) is 2.77. The van der Waals surface area contributed by atoms with E-state index >= 15 is 0 Å². The van der Waals surface area contributed by atoms with Crippen LogP contribution in [0, 0.1) is 0 Å². The first-order chi connectivity index (χ1) is 12.1. The quantitative estimate of drug-likeness (QED) is 0.733. The number of amides is 1. The van der Waals surface area contributed by atoms with Crippen molar-refractivity contribution in [3.8, 4) is 0 Å². The van der Waals surface area contributed by atoms with E-state index in [0.717, 1.165) is 24.1 Å². The molecule has 0 aliphatic rings. The predicted molar refractivity (Wildman–Crippen MR) is 95.6 cm³/mol. The van der Waals surface area contributed by atoms with Gasteiger partial charge in [0.05, 0.1) is 24.0 Å². The Kier molecular flexibility index (Phi) is 6.74. The number of hydrogen-bond donors (Lipinski definition) is 2. The van der Waals surface area contributed by atoms with Crippen LogP contribution >= 0.6 is 0 Å². The largest absolute Gasteiger partial charge is 0.480 e. The number of unbranched alkanes of at least 4 members (excludes halogenated alkanes) is 1. The van der Waals surface area contributed by atoms with Crippen LogP contribution in [0.3, 0.4) is 0 Å². The number of carboxylic acid groups (broad SMARTS) is 1. The summed E-state index contributed by atoms with van der Waals surface area (Å²) in [6.07, 6.45) is 4.23. The van der Waals surface area contributed by atoms with Crippen LogP contribution in [0.2, 0.25) is 0 Å². The number of carbonyl (C=O) groups is 2. The molecule has 6 heteroatoms. The zero-order chi connectivity index (χ0) is 18.2. The molecule has 2 N–H and O–H groups in total. The van der Waals surface area contributed by atoms with E-state index in [9.17, 15) is 14.7 Å². The van der Waals surface area contributed by atoms with Crippen LogP contribution in [-0.2, 0) is 17.8 Å². The smallest absolute Gasteiger partial charge is 0.326 e. The molecule has 134 valence electrons. The SMILES string of the molecule is CCCC[C@H](NC(=O)c1cnn(Cc2ccccc2)c1CC)C(=O)O. The summed E-state index contributed by atoms with van der Waals surface area (Å²) in [5.74, 6) is -1.38. The number of benzene rings is 1. The van der Waals surface area contributed by atoms with Gasteiger partial charge in [0, 0.05) is 0 Å². The minimum atomic E-state index is -1.00. The number of nitrogens with zero attached hydrogens (tertiary/aromatic N) is 2. The summed E-state index contributed by atoms with van der Waals surface area (Å²) in [6, 6.07) is 9.02. The average Bonchev–Trinajstić information content (AvgIpc) is 3.01. The van der Waals surface area contributed by atoms with Gasteiger partial charge >= 0.3 is 5.97 Å². The lowest BCUT2D eigenvalue weighted by Crippen LogP contribution is -2.41. The molecule has 1 heterocycles. The molecule has 6 nitrogen and oxygen atoms in total. The van der Waals surface area contributed by atoms with Crippen molar-refractivity contribution in [2.45, 2.75) is 52.1 Å². The molecule has 25 heavy (non-hydrogen) atoms. The van der Waals surface area contributed by atoms with Crippen LogP contribution in [0.25, 0.3) is 0 Å². The molecule has 0 saturated heterocycles. The summed E-state index contributed by atoms with van der Waals surface area (Å²) < 4.78 is 1.80. The highest BCUT2D eigenvalue weighted by Gasteiger charge is 2.23. The van der Waals surface area contributed by atoms with Gasteiger partial charge in [0.15, 0.2) is 0 Å². The standard InChI is InChI=1S/C19H25N3O3/c1-3-5-11-16(19(24)25)21-18(23)15-12-20-22(17(15)4-2)13-14-9-7-6-8-10-14/h6-10,12,16H,3-5,11,13H2,1-2H3,(H,21,23)(H,24,25)/t16-/m0/s1. The summed E-state index contributed by atoms with van der Waals surface area (Å²) in [5.41, 5.74) is 2.35. The molecule has 0 radical (unpaired) electrons. The lowest BCUT2D eigenvalue weighted by molar-refractivity contribution is -0.139. The van der Waals surface area contributed by atoms with E-state index in [1.165, 1.54) is 6.20 Å². The molecule has 1 aromatic heterocycles. The Morgan fingerprint density at radius 3 is 2.56 bits per heavy atom. The zero-order valence-corrected chi connectivity index (χ0v) is 14.7. The fourth-order valence-corrected chi connectivity index (χ4v) is 2.77. The van der Waals surface area contributed by atoms with E-state index in [0.29, 0.717) is 24.9 Å². The van der Waals surface area contributed by atoms with Crippen molar-refractivity contribution in [1.29, 1.82) is 0 Å². The van der Waals surface area contributed by atoms with Crippen molar-refractivity contribution in [3.63, 3.8) is 0 Å². The number of carbonyl (C=O) groups excluding carboxylic acids is 1. The van der Waals surface area contributed by atoms with Crippen molar-refractivity contribution in [2.24, 2.45) is 0 Å². The van der Waals surface area contributed by atoms with Gasteiger partial charge in [0.1, 0.15) is 6.04 Å². The van der Waals surface area contributed by atoms with Gasteiger partial charge in [-0.15, -0.1) is 0 Å². The molecule has 2 rings (SSSR count). The lowest BCUT2D eigenvalue weighted by atomic mass is 10.1. The van der Waals surface area contributed by atoms with E-state index in [1.54, 1.807) is 4.68 Å². The Labute approximate surface area is 147 Å². The molecule has 1 aromatic carbocycles. The summed E-state index contributed by atoms with van der Waals surface area (Å²) in [5, 5.41) is 16.2. The third-order valence-corrected chi connectivity index (χ3v) is 4.15. The maximum atomic E-state index is 12.5. The molecule has 1 amide bonds. The molecule has 0 saturated carbocycles. The van der Waals surface area contributed by atoms with Gasteiger partial charge in [-0.1, -0.05) is 57.0 Å². The third-order valence-electron chi connectivity index (χ3n) is 4.15. The second kappa shape index (κ2) is 9.01. The van der Waals surface area contributed by atoms with Crippen molar-refractivity contribution in [2.75, 3.05) is 0 Å². The minimum Gasteiger partial charge on any atom is -0.480 e. The van der Waals surface area contributed by atoms with Crippen LogP contribution < -0.4 is 5.32 Å². The lowest BCUT2D eigenvalue weighted by Gasteiger charge is -2.14. The maximum Gasteiger partial charge on any atom is 0.326 e.